The van der Waals surface area contributed by atoms with Crippen LogP contribution in [0.1, 0.15) is 6.42 Å². The lowest BCUT2D eigenvalue weighted by atomic mass is 10.2. The van der Waals surface area contributed by atoms with Crippen molar-refractivity contribution in [1.29, 1.82) is 0 Å². The van der Waals surface area contributed by atoms with E-state index in [1.54, 1.807) is 0 Å². The molecule has 0 aromatic rings. The van der Waals surface area contributed by atoms with Gasteiger partial charge >= 0.3 is 0 Å². The van der Waals surface area contributed by atoms with Crippen molar-refractivity contribution in [3.8, 4) is 0 Å². The minimum Gasteiger partial charge on any atom is -0.760 e. The Morgan fingerprint density at radius 2 is 2.27 bits per heavy atom. The third-order valence-corrected chi connectivity index (χ3v) is 2.82. The Morgan fingerprint density at radius 3 is 2.55 bits per heavy atom. The highest BCUT2D eigenvalue weighted by atomic mass is 32.2. The molecule has 0 bridgehead atoms. The molecule has 1 fully saturated rings. The Bertz CT molecular complexity index is 163. The standard InChI is InChI=1S/C6H14N2O2S/c1-7(2)6-3-4-8(5-6)11(9)10/h6H,3-5H2,1-2H3,(H,9,10)/p-1. The largest absolute Gasteiger partial charge is 0.760 e. The van der Waals surface area contributed by atoms with Crippen LogP contribution in [0.15, 0.2) is 0 Å². The molecule has 11 heavy (non-hydrogen) atoms. The molecule has 66 valence electrons. The van der Waals surface area contributed by atoms with Crippen molar-refractivity contribution in [2.45, 2.75) is 12.5 Å². The van der Waals surface area contributed by atoms with Gasteiger partial charge in [-0.05, 0) is 20.5 Å². The van der Waals surface area contributed by atoms with Crippen molar-refractivity contribution in [1.82, 2.24) is 9.21 Å². The van der Waals surface area contributed by atoms with Crippen molar-refractivity contribution in [3.05, 3.63) is 0 Å². The Labute approximate surface area is 69.6 Å². The lowest BCUT2D eigenvalue weighted by molar-refractivity contribution is 0.301. The SMILES string of the molecule is CN(C)C1CCN(S(=O)[O-])C1. The molecule has 0 amide bonds. The lowest BCUT2D eigenvalue weighted by Gasteiger charge is -2.21. The van der Waals surface area contributed by atoms with Crippen molar-refractivity contribution in [3.63, 3.8) is 0 Å². The third-order valence-electron chi connectivity index (χ3n) is 2.07. The lowest BCUT2D eigenvalue weighted by Crippen LogP contribution is -2.32. The number of hydrogen-bond donors (Lipinski definition) is 0. The zero-order chi connectivity index (χ0) is 8.43. The molecule has 0 saturated carbocycles. The average molecular weight is 177 g/mol. The molecule has 0 aromatic heterocycles. The highest BCUT2D eigenvalue weighted by molar-refractivity contribution is 7.76. The molecule has 1 aliphatic heterocycles. The minimum absolute atomic E-state index is 0.396. The molecule has 2 atom stereocenters. The second kappa shape index (κ2) is 3.62. The van der Waals surface area contributed by atoms with E-state index in [0.717, 1.165) is 6.42 Å². The highest BCUT2D eigenvalue weighted by Crippen LogP contribution is 2.13. The topological polar surface area (TPSA) is 46.6 Å². The molecule has 1 aliphatic rings. The molecule has 5 heteroatoms. The maximum atomic E-state index is 10.5. The number of nitrogens with zero attached hydrogens (tertiary/aromatic N) is 2. The molecule has 0 spiro atoms. The quantitative estimate of drug-likeness (QED) is 0.530. The Kier molecular flexibility index (Phi) is 3.00. The van der Waals surface area contributed by atoms with Gasteiger partial charge in [0.1, 0.15) is 0 Å². The smallest absolute Gasteiger partial charge is 0.0259 e. The molecule has 1 rings (SSSR count). The van der Waals surface area contributed by atoms with Crippen LogP contribution in [-0.2, 0) is 11.3 Å². The predicted molar refractivity (Wildman–Crippen MR) is 42.6 cm³/mol. The first kappa shape index (κ1) is 9.12. The first-order chi connectivity index (χ1) is 5.11. The zero-order valence-corrected chi connectivity index (χ0v) is 7.63. The molecule has 2 unspecified atom stereocenters. The fraction of sp³-hybridized carbons (Fsp3) is 1.00. The molecule has 0 radical (unpaired) electrons. The summed E-state index contributed by atoms with van der Waals surface area (Å²) < 4.78 is 22.4. The minimum atomic E-state index is -2.02. The summed E-state index contributed by atoms with van der Waals surface area (Å²) in [6, 6.07) is 0.396. The van der Waals surface area contributed by atoms with Gasteiger partial charge in [-0.15, -0.1) is 0 Å². The van der Waals surface area contributed by atoms with Gasteiger partial charge in [0.05, 0.1) is 0 Å². The van der Waals surface area contributed by atoms with Crippen molar-refractivity contribution < 1.29 is 8.76 Å². The van der Waals surface area contributed by atoms with Gasteiger partial charge in [-0.25, -0.2) is 4.31 Å². The van der Waals surface area contributed by atoms with E-state index < -0.39 is 11.3 Å². The van der Waals surface area contributed by atoms with Gasteiger partial charge in [0.2, 0.25) is 0 Å². The summed E-state index contributed by atoms with van der Waals surface area (Å²) in [4.78, 5) is 2.06. The number of likely N-dealkylation sites (N-methyl/N-ethyl adjacent to an activating group) is 1. The van der Waals surface area contributed by atoms with Crippen molar-refractivity contribution in [2.24, 2.45) is 0 Å². The Hall–Kier alpha value is 0.0300. The summed E-state index contributed by atoms with van der Waals surface area (Å²) in [6.07, 6.45) is 0.945. The normalized spacial score (nSPS) is 29.6. The van der Waals surface area contributed by atoms with Crippen LogP contribution in [-0.4, -0.2) is 51.2 Å². The fourth-order valence-electron chi connectivity index (χ4n) is 1.27. The third kappa shape index (κ3) is 2.23. The van der Waals surface area contributed by atoms with E-state index in [1.165, 1.54) is 4.31 Å². The van der Waals surface area contributed by atoms with Crippen LogP contribution in [0.25, 0.3) is 0 Å². The van der Waals surface area contributed by atoms with E-state index in [2.05, 4.69) is 4.90 Å². The molecular weight excluding hydrogens is 164 g/mol. The van der Waals surface area contributed by atoms with Gasteiger partial charge in [-0.1, -0.05) is 0 Å². The maximum absolute atomic E-state index is 10.5. The van der Waals surface area contributed by atoms with Crippen LogP contribution >= 0.6 is 0 Å². The molecule has 0 N–H and O–H groups in total. The molecule has 0 aromatic carbocycles. The summed E-state index contributed by atoms with van der Waals surface area (Å²) in [5.74, 6) is 0. The molecular formula is C6H13N2O2S-. The van der Waals surface area contributed by atoms with Crippen LogP contribution in [0.2, 0.25) is 0 Å². The van der Waals surface area contributed by atoms with E-state index in [4.69, 9.17) is 0 Å². The Balaban J connectivity index is 2.41. The molecule has 1 saturated heterocycles. The van der Waals surface area contributed by atoms with Gasteiger partial charge in [0.25, 0.3) is 0 Å². The van der Waals surface area contributed by atoms with Gasteiger partial charge in [0.15, 0.2) is 0 Å². The van der Waals surface area contributed by atoms with Crippen LogP contribution in [0, 0.1) is 0 Å². The summed E-state index contributed by atoms with van der Waals surface area (Å²) in [6.45, 7) is 1.31. The second-order valence-corrected chi connectivity index (χ2v) is 3.96. The first-order valence-corrected chi connectivity index (χ1v) is 4.65. The summed E-state index contributed by atoms with van der Waals surface area (Å²) in [7, 11) is 3.95. The van der Waals surface area contributed by atoms with Crippen LogP contribution in [0.3, 0.4) is 0 Å². The number of rotatable bonds is 2. The fourth-order valence-corrected chi connectivity index (χ4v) is 1.82. The van der Waals surface area contributed by atoms with Gasteiger partial charge in [-0.3, -0.25) is 4.21 Å². The van der Waals surface area contributed by atoms with Crippen LogP contribution in [0.5, 0.6) is 0 Å². The average Bonchev–Trinajstić information content (AvgIpc) is 2.33. The second-order valence-electron chi connectivity index (χ2n) is 3.01. The molecule has 4 nitrogen and oxygen atoms in total. The first-order valence-electron chi connectivity index (χ1n) is 3.62. The van der Waals surface area contributed by atoms with Crippen LogP contribution < -0.4 is 0 Å². The maximum Gasteiger partial charge on any atom is 0.0259 e. The van der Waals surface area contributed by atoms with E-state index in [0.29, 0.717) is 19.1 Å². The van der Waals surface area contributed by atoms with Crippen LogP contribution in [0.4, 0.5) is 0 Å². The Morgan fingerprint density at radius 1 is 1.64 bits per heavy atom. The number of hydrogen-bond acceptors (Lipinski definition) is 3. The predicted octanol–water partition coefficient (Wildman–Crippen LogP) is -0.584. The van der Waals surface area contributed by atoms with Crippen molar-refractivity contribution in [2.75, 3.05) is 27.2 Å². The van der Waals surface area contributed by atoms with Crippen molar-refractivity contribution >= 4 is 11.3 Å². The monoisotopic (exact) mass is 177 g/mol. The van der Waals surface area contributed by atoms with E-state index in [9.17, 15) is 8.76 Å². The van der Waals surface area contributed by atoms with Gasteiger partial charge < -0.3 is 9.45 Å². The van der Waals surface area contributed by atoms with Gasteiger partial charge in [-0.2, -0.15) is 0 Å². The summed E-state index contributed by atoms with van der Waals surface area (Å²) in [5, 5.41) is 0. The van der Waals surface area contributed by atoms with Gasteiger partial charge in [0, 0.05) is 30.4 Å². The highest BCUT2D eigenvalue weighted by Gasteiger charge is 2.23. The molecule has 1 heterocycles. The van der Waals surface area contributed by atoms with E-state index >= 15 is 0 Å². The summed E-state index contributed by atoms with van der Waals surface area (Å²) >= 11 is -2.02. The van der Waals surface area contributed by atoms with E-state index in [1.807, 2.05) is 14.1 Å². The van der Waals surface area contributed by atoms with E-state index in [-0.39, 0.29) is 0 Å². The zero-order valence-electron chi connectivity index (χ0n) is 6.82. The summed E-state index contributed by atoms with van der Waals surface area (Å²) in [5.41, 5.74) is 0. The molecule has 0 aliphatic carbocycles.